The molecule has 4 aromatic carbocycles. The third-order valence-corrected chi connectivity index (χ3v) is 6.96. The summed E-state index contributed by atoms with van der Waals surface area (Å²) in [7, 11) is 1.28. The molecule has 0 fully saturated rings. The first-order valence-corrected chi connectivity index (χ1v) is 15.5. The van der Waals surface area contributed by atoms with Crippen LogP contribution in [0, 0.1) is 30.3 Å². The minimum atomic E-state index is -0.536. The number of benzene rings is 4. The minimum absolute atomic E-state index is 0.0222. The smallest absolute Gasteiger partial charge is 0.407 e. The van der Waals surface area contributed by atoms with Crippen LogP contribution in [0.25, 0.3) is 0 Å². The largest absolute Gasteiger partial charge is 0.453 e. The molecule has 3 N–H and O–H groups in total. The lowest BCUT2D eigenvalue weighted by molar-refractivity contribution is -0.385. The zero-order valence-electron chi connectivity index (χ0n) is 27.7. The second-order valence-corrected chi connectivity index (χ2v) is 10.7. The molecule has 0 aliphatic rings. The number of nitrogens with zero attached hydrogens (tertiary/aromatic N) is 3. The lowest BCUT2D eigenvalue weighted by atomic mass is 10.1. The topological polar surface area (TPSA) is 192 Å². The van der Waals surface area contributed by atoms with Gasteiger partial charge in [0.2, 0.25) is 0 Å². The van der Waals surface area contributed by atoms with Crippen LogP contribution in [0.2, 0.25) is 0 Å². The van der Waals surface area contributed by atoms with Gasteiger partial charge in [-0.2, -0.15) is 0 Å². The molecular formula is C35H42N6O8. The number of nitro groups is 3. The Balaban J connectivity index is 0.000000256. The van der Waals surface area contributed by atoms with Crippen LogP contribution in [0.5, 0.6) is 0 Å². The Bertz CT molecular complexity index is 1590. The van der Waals surface area contributed by atoms with Crippen molar-refractivity contribution >= 4 is 23.2 Å². The fraction of sp³-hybridized carbons (Fsp3) is 0.286. The standard InChI is InChI=1S/C14H14N2O2.C11H16N2O2.C10H12N2O4/c17-16(18)14-8-6-13(7-9-14)11-15-10-12-4-2-1-3-5-12;1-2-3-8-12-9-10-4-6-11(7-5-10)13(14)15;1-7(11-10(13)16-2)8-3-5-9(6-4-8)12(14)15/h1-9,15H,10-11H2;4-7,12H,2-3,8-9H2,1H3;3-7H,1-2H3,(H,11,13). The number of amides is 1. The van der Waals surface area contributed by atoms with Crippen LogP contribution in [-0.2, 0) is 24.4 Å². The number of alkyl carbamates (subject to hydrolysis) is 1. The Labute approximate surface area is 285 Å². The van der Waals surface area contributed by atoms with Crippen LogP contribution < -0.4 is 16.0 Å². The first kappa shape index (κ1) is 39.4. The highest BCUT2D eigenvalue weighted by molar-refractivity contribution is 5.67. The van der Waals surface area contributed by atoms with Gasteiger partial charge in [0.25, 0.3) is 17.1 Å². The van der Waals surface area contributed by atoms with Crippen molar-refractivity contribution in [3.8, 4) is 0 Å². The van der Waals surface area contributed by atoms with Crippen LogP contribution in [-0.4, -0.2) is 34.5 Å². The van der Waals surface area contributed by atoms with Crippen molar-refractivity contribution in [3.63, 3.8) is 0 Å². The van der Waals surface area contributed by atoms with E-state index in [4.69, 9.17) is 0 Å². The summed E-state index contributed by atoms with van der Waals surface area (Å²) in [4.78, 5) is 41.0. The third-order valence-electron chi connectivity index (χ3n) is 6.96. The molecule has 0 radical (unpaired) electrons. The Hall–Kier alpha value is -5.73. The van der Waals surface area contributed by atoms with Crippen LogP contribution in [0.4, 0.5) is 21.9 Å². The van der Waals surface area contributed by atoms with E-state index >= 15 is 0 Å². The van der Waals surface area contributed by atoms with Crippen LogP contribution in [0.15, 0.2) is 103 Å². The van der Waals surface area contributed by atoms with Crippen LogP contribution in [0.1, 0.15) is 55.0 Å². The van der Waals surface area contributed by atoms with Crippen molar-refractivity contribution in [1.29, 1.82) is 0 Å². The number of non-ortho nitro benzene ring substituents is 3. The number of carbonyl (C=O) groups excluding carboxylic acids is 1. The van der Waals surface area contributed by atoms with Gasteiger partial charge in [-0.15, -0.1) is 0 Å². The van der Waals surface area contributed by atoms with Gasteiger partial charge in [0.05, 0.1) is 27.9 Å². The highest BCUT2D eigenvalue weighted by Gasteiger charge is 2.11. The molecule has 14 heteroatoms. The summed E-state index contributed by atoms with van der Waals surface area (Å²) in [5.74, 6) is 0. The fourth-order valence-corrected chi connectivity index (χ4v) is 4.16. The zero-order valence-corrected chi connectivity index (χ0v) is 27.7. The van der Waals surface area contributed by atoms with E-state index in [1.807, 2.05) is 18.2 Å². The summed E-state index contributed by atoms with van der Waals surface area (Å²) >= 11 is 0. The van der Waals surface area contributed by atoms with Gasteiger partial charge in [0.15, 0.2) is 0 Å². The maximum absolute atomic E-state index is 10.9. The first-order chi connectivity index (χ1) is 23.5. The summed E-state index contributed by atoms with van der Waals surface area (Å²) < 4.78 is 4.45. The molecule has 0 heterocycles. The molecule has 0 spiro atoms. The summed E-state index contributed by atoms with van der Waals surface area (Å²) in [5, 5.41) is 40.5. The van der Waals surface area contributed by atoms with Crippen molar-refractivity contribution in [2.75, 3.05) is 13.7 Å². The summed E-state index contributed by atoms with van der Waals surface area (Å²) in [5.41, 5.74) is 4.41. The number of hydrogen-bond donors (Lipinski definition) is 3. The zero-order chi connectivity index (χ0) is 36.0. The maximum atomic E-state index is 10.9. The van der Waals surface area contributed by atoms with E-state index in [0.717, 1.165) is 42.7 Å². The monoisotopic (exact) mass is 674 g/mol. The van der Waals surface area contributed by atoms with Gasteiger partial charge in [0.1, 0.15) is 0 Å². The summed E-state index contributed by atoms with van der Waals surface area (Å²) in [6, 6.07) is 29.1. The molecular weight excluding hydrogens is 632 g/mol. The highest BCUT2D eigenvalue weighted by Crippen LogP contribution is 2.17. The first-order valence-electron chi connectivity index (χ1n) is 15.5. The van der Waals surface area contributed by atoms with E-state index in [-0.39, 0.29) is 33.0 Å². The summed E-state index contributed by atoms with van der Waals surface area (Å²) in [6.45, 7) is 7.17. The van der Waals surface area contributed by atoms with Crippen LogP contribution >= 0.6 is 0 Å². The molecule has 0 aromatic heterocycles. The van der Waals surface area contributed by atoms with E-state index in [1.165, 1.54) is 55.5 Å². The van der Waals surface area contributed by atoms with E-state index in [0.29, 0.717) is 6.54 Å². The Kier molecular flexibility index (Phi) is 17.7. The molecule has 14 nitrogen and oxygen atoms in total. The molecule has 260 valence electrons. The number of nitro benzene ring substituents is 3. The SMILES string of the molecule is CCCCNCc1ccc([N+](=O)[O-])cc1.COC(=O)NC(C)c1ccc([N+](=O)[O-])cc1.O=[N+]([O-])c1ccc(CNCc2ccccc2)cc1. The van der Waals surface area contributed by atoms with Crippen LogP contribution in [0.3, 0.4) is 0 Å². The number of methoxy groups -OCH3 is 1. The van der Waals surface area contributed by atoms with Gasteiger partial charge in [-0.3, -0.25) is 30.3 Å². The average molecular weight is 675 g/mol. The number of rotatable bonds is 14. The molecule has 0 bridgehead atoms. The van der Waals surface area contributed by atoms with E-state index < -0.39 is 11.0 Å². The third kappa shape index (κ3) is 15.6. The lowest BCUT2D eigenvalue weighted by Crippen LogP contribution is -2.26. The van der Waals surface area contributed by atoms with Crippen molar-refractivity contribution in [2.45, 2.75) is 52.4 Å². The molecule has 0 saturated carbocycles. The normalized spacial score (nSPS) is 10.7. The Morgan fingerprint density at radius 1 is 0.653 bits per heavy atom. The number of hydrogen-bond acceptors (Lipinski definition) is 10. The lowest BCUT2D eigenvalue weighted by Gasteiger charge is -2.12. The molecule has 4 aromatic rings. The molecule has 1 amide bonds. The van der Waals surface area contributed by atoms with Gasteiger partial charge < -0.3 is 20.7 Å². The predicted molar refractivity (Wildman–Crippen MR) is 187 cm³/mol. The van der Waals surface area contributed by atoms with Gasteiger partial charge in [0, 0.05) is 56.0 Å². The van der Waals surface area contributed by atoms with Gasteiger partial charge in [-0.25, -0.2) is 4.79 Å². The predicted octanol–water partition coefficient (Wildman–Crippen LogP) is 7.38. The Morgan fingerprint density at radius 3 is 1.47 bits per heavy atom. The second-order valence-electron chi connectivity index (χ2n) is 10.7. The van der Waals surface area contributed by atoms with Gasteiger partial charge in [-0.05, 0) is 42.1 Å². The minimum Gasteiger partial charge on any atom is -0.453 e. The van der Waals surface area contributed by atoms with Crippen molar-refractivity contribution < 1.29 is 24.3 Å². The van der Waals surface area contributed by atoms with Gasteiger partial charge in [-0.1, -0.05) is 80.1 Å². The number of unbranched alkanes of at least 4 members (excludes halogenated alkanes) is 1. The molecule has 0 saturated heterocycles. The molecule has 1 atom stereocenters. The van der Waals surface area contributed by atoms with Crippen molar-refractivity contribution in [3.05, 3.63) is 156 Å². The molecule has 49 heavy (non-hydrogen) atoms. The van der Waals surface area contributed by atoms with E-state index in [2.05, 4.69) is 39.7 Å². The maximum Gasteiger partial charge on any atom is 0.407 e. The molecule has 0 aliphatic heterocycles. The molecule has 1 unspecified atom stereocenters. The number of ether oxygens (including phenoxy) is 1. The molecule has 0 aliphatic carbocycles. The molecule has 4 rings (SSSR count). The van der Waals surface area contributed by atoms with E-state index in [9.17, 15) is 35.1 Å². The van der Waals surface area contributed by atoms with Gasteiger partial charge >= 0.3 is 6.09 Å². The van der Waals surface area contributed by atoms with Crippen molar-refractivity contribution in [2.24, 2.45) is 0 Å². The number of carbonyl (C=O) groups is 1. The quantitative estimate of drug-likeness (QED) is 0.0690. The summed E-state index contributed by atoms with van der Waals surface area (Å²) in [6.07, 6.45) is 1.80. The fourth-order valence-electron chi connectivity index (χ4n) is 4.16. The Morgan fingerprint density at radius 2 is 1.06 bits per heavy atom. The van der Waals surface area contributed by atoms with Crippen molar-refractivity contribution in [1.82, 2.24) is 16.0 Å². The number of nitrogens with one attached hydrogen (secondary N) is 3. The highest BCUT2D eigenvalue weighted by atomic mass is 16.6. The van der Waals surface area contributed by atoms with E-state index in [1.54, 1.807) is 43.3 Å². The average Bonchev–Trinajstić information content (AvgIpc) is 3.11. The second kappa shape index (κ2) is 22.0.